The number of carbonyl (C=O) groups excluding carboxylic acids is 3. The van der Waals surface area contributed by atoms with Crippen molar-refractivity contribution in [3.8, 4) is 6.07 Å². The minimum atomic E-state index is -0.669. The highest BCUT2D eigenvalue weighted by Gasteiger charge is 2.20. The highest BCUT2D eigenvalue weighted by molar-refractivity contribution is 6.01. The first-order valence-corrected chi connectivity index (χ1v) is 7.22. The van der Waals surface area contributed by atoms with Gasteiger partial charge in [0.25, 0.3) is 0 Å². The first-order valence-electron chi connectivity index (χ1n) is 7.22. The molecular formula is C17H19N3O4. The molecule has 0 saturated heterocycles. The van der Waals surface area contributed by atoms with E-state index >= 15 is 0 Å². The summed E-state index contributed by atoms with van der Waals surface area (Å²) in [5, 5.41) is 11.5. The van der Waals surface area contributed by atoms with Crippen molar-refractivity contribution in [1.29, 1.82) is 5.26 Å². The quantitative estimate of drug-likeness (QED) is 0.439. The minimum absolute atomic E-state index is 0.0685. The van der Waals surface area contributed by atoms with Gasteiger partial charge in [-0.15, -0.1) is 0 Å². The molecule has 0 fully saturated rings. The number of nitriles is 1. The van der Waals surface area contributed by atoms with Crippen LogP contribution in [0.4, 0.5) is 0 Å². The first-order chi connectivity index (χ1) is 11.3. The predicted octanol–water partition coefficient (Wildman–Crippen LogP) is 1.12. The average Bonchev–Trinajstić information content (AvgIpc) is 2.53. The van der Waals surface area contributed by atoms with Crippen LogP contribution >= 0.6 is 0 Å². The lowest BCUT2D eigenvalue weighted by Gasteiger charge is -2.17. The Morgan fingerprint density at radius 2 is 1.88 bits per heavy atom. The molecule has 0 aromatic heterocycles. The molecule has 0 heterocycles. The maximum Gasteiger partial charge on any atom is 0.308 e. The molecule has 0 unspecified atom stereocenters. The third kappa shape index (κ3) is 5.93. The van der Waals surface area contributed by atoms with Gasteiger partial charge in [-0.25, -0.2) is 0 Å². The van der Waals surface area contributed by atoms with Crippen LogP contribution in [0.3, 0.4) is 0 Å². The summed E-state index contributed by atoms with van der Waals surface area (Å²) < 4.78 is 4.89. The van der Waals surface area contributed by atoms with Crippen LogP contribution in [0.2, 0.25) is 0 Å². The monoisotopic (exact) mass is 329 g/mol. The third-order valence-corrected chi connectivity index (χ3v) is 3.10. The van der Waals surface area contributed by atoms with Gasteiger partial charge >= 0.3 is 5.97 Å². The summed E-state index contributed by atoms with van der Waals surface area (Å²) >= 11 is 0. The predicted molar refractivity (Wildman–Crippen MR) is 86.1 cm³/mol. The van der Waals surface area contributed by atoms with Gasteiger partial charge in [-0.05, 0) is 12.5 Å². The van der Waals surface area contributed by atoms with E-state index in [2.05, 4.69) is 5.32 Å². The van der Waals surface area contributed by atoms with E-state index in [1.807, 2.05) is 6.07 Å². The number of benzene rings is 1. The normalized spacial score (nSPS) is 12.4. The van der Waals surface area contributed by atoms with Gasteiger partial charge in [-0.3, -0.25) is 14.4 Å². The largest absolute Gasteiger partial charge is 0.457 e. The molecule has 1 aromatic rings. The Morgan fingerprint density at radius 1 is 1.25 bits per heavy atom. The maximum absolute atomic E-state index is 11.9. The van der Waals surface area contributed by atoms with E-state index in [9.17, 15) is 14.4 Å². The minimum Gasteiger partial charge on any atom is -0.457 e. The van der Waals surface area contributed by atoms with Crippen LogP contribution in [-0.4, -0.2) is 24.3 Å². The van der Waals surface area contributed by atoms with Crippen molar-refractivity contribution in [2.45, 2.75) is 26.3 Å². The lowest BCUT2D eigenvalue weighted by Crippen LogP contribution is -2.29. The lowest BCUT2D eigenvalue weighted by molar-refractivity contribution is -0.147. The third-order valence-electron chi connectivity index (χ3n) is 3.10. The highest BCUT2D eigenvalue weighted by Crippen LogP contribution is 2.17. The van der Waals surface area contributed by atoms with Gasteiger partial charge in [0.2, 0.25) is 11.7 Å². The number of amides is 1. The van der Waals surface area contributed by atoms with E-state index in [1.54, 1.807) is 30.3 Å². The van der Waals surface area contributed by atoms with Crippen molar-refractivity contribution in [3.05, 3.63) is 47.2 Å². The molecule has 1 atom stereocenters. The van der Waals surface area contributed by atoms with Gasteiger partial charge in [0.15, 0.2) is 6.61 Å². The molecule has 1 aromatic carbocycles. The van der Waals surface area contributed by atoms with E-state index in [0.717, 1.165) is 5.56 Å². The summed E-state index contributed by atoms with van der Waals surface area (Å²) in [6.07, 6.45) is -0.135. The Bertz CT molecular complexity index is 686. The Labute approximate surface area is 140 Å². The molecule has 1 amide bonds. The number of rotatable bonds is 7. The van der Waals surface area contributed by atoms with Crippen molar-refractivity contribution in [2.24, 2.45) is 5.73 Å². The number of nitrogens with one attached hydrogen (secondary N) is 1. The van der Waals surface area contributed by atoms with E-state index in [1.165, 1.54) is 13.8 Å². The van der Waals surface area contributed by atoms with Crippen molar-refractivity contribution in [3.63, 3.8) is 0 Å². The number of nitrogens with two attached hydrogens (primary N) is 1. The van der Waals surface area contributed by atoms with Crippen LogP contribution in [0.25, 0.3) is 0 Å². The molecular weight excluding hydrogens is 310 g/mol. The molecule has 0 aliphatic carbocycles. The van der Waals surface area contributed by atoms with Crippen LogP contribution in [-0.2, 0) is 19.1 Å². The van der Waals surface area contributed by atoms with Crippen molar-refractivity contribution < 1.29 is 19.1 Å². The number of carbonyl (C=O) groups is 3. The fourth-order valence-electron chi connectivity index (χ4n) is 2.00. The summed E-state index contributed by atoms with van der Waals surface area (Å²) in [7, 11) is 0. The first kappa shape index (κ1) is 18.9. The molecule has 0 spiro atoms. The number of esters is 1. The van der Waals surface area contributed by atoms with Crippen LogP contribution in [0.5, 0.6) is 0 Å². The summed E-state index contributed by atoms with van der Waals surface area (Å²) in [4.78, 5) is 35.0. The number of hydrogen-bond acceptors (Lipinski definition) is 6. The Balaban J connectivity index is 2.70. The fraction of sp³-hybridized carbons (Fsp3) is 0.294. The zero-order valence-electron chi connectivity index (χ0n) is 13.5. The molecule has 7 heteroatoms. The SMILES string of the molecule is CC(=O)N[C@H](CC(=O)OCC(=O)/C(C#N)=C(\C)N)c1ccccc1. The molecule has 24 heavy (non-hydrogen) atoms. The maximum atomic E-state index is 11.9. The number of ether oxygens (including phenoxy) is 1. The Kier molecular flexibility index (Phi) is 7.17. The molecule has 7 nitrogen and oxygen atoms in total. The van der Waals surface area contributed by atoms with Crippen LogP contribution in [0, 0.1) is 11.3 Å². The number of Topliss-reactive ketones (excluding diaryl/α,β-unsaturated/α-hetero) is 1. The number of hydrogen-bond donors (Lipinski definition) is 2. The van der Waals surface area contributed by atoms with Crippen LogP contribution in [0.15, 0.2) is 41.6 Å². The van der Waals surface area contributed by atoms with Crippen LogP contribution < -0.4 is 11.1 Å². The summed E-state index contributed by atoms with van der Waals surface area (Å²) in [5.74, 6) is -1.62. The molecule has 0 bridgehead atoms. The second kappa shape index (κ2) is 9.10. The lowest BCUT2D eigenvalue weighted by atomic mass is 10.0. The fourth-order valence-corrected chi connectivity index (χ4v) is 2.00. The summed E-state index contributed by atoms with van der Waals surface area (Å²) in [5.41, 5.74) is 5.99. The Morgan fingerprint density at radius 3 is 2.38 bits per heavy atom. The zero-order valence-corrected chi connectivity index (χ0v) is 13.5. The van der Waals surface area contributed by atoms with Gasteiger partial charge < -0.3 is 15.8 Å². The second-order valence-electron chi connectivity index (χ2n) is 5.12. The summed E-state index contributed by atoms with van der Waals surface area (Å²) in [6, 6.07) is 10.0. The van der Waals surface area contributed by atoms with E-state index in [4.69, 9.17) is 15.7 Å². The number of nitrogens with zero attached hydrogens (tertiary/aromatic N) is 1. The average molecular weight is 329 g/mol. The molecule has 0 aliphatic heterocycles. The van der Waals surface area contributed by atoms with Crippen molar-refractivity contribution in [1.82, 2.24) is 5.32 Å². The Hall–Kier alpha value is -3.14. The molecule has 126 valence electrons. The van der Waals surface area contributed by atoms with E-state index in [0.29, 0.717) is 0 Å². The van der Waals surface area contributed by atoms with Crippen molar-refractivity contribution in [2.75, 3.05) is 6.61 Å². The van der Waals surface area contributed by atoms with Gasteiger partial charge in [0.05, 0.1) is 12.5 Å². The molecule has 0 aliphatic rings. The highest BCUT2D eigenvalue weighted by atomic mass is 16.5. The van der Waals surface area contributed by atoms with Crippen molar-refractivity contribution >= 4 is 17.7 Å². The van der Waals surface area contributed by atoms with Gasteiger partial charge in [-0.2, -0.15) is 5.26 Å². The molecule has 0 saturated carbocycles. The van der Waals surface area contributed by atoms with Gasteiger partial charge in [0, 0.05) is 12.6 Å². The van der Waals surface area contributed by atoms with E-state index in [-0.39, 0.29) is 23.6 Å². The number of allylic oxidation sites excluding steroid dienone is 1. The van der Waals surface area contributed by atoms with Gasteiger partial charge in [0.1, 0.15) is 11.6 Å². The topological polar surface area (TPSA) is 122 Å². The molecule has 3 N–H and O–H groups in total. The standard InChI is InChI=1S/C17H19N3O4/c1-11(19)14(9-18)16(22)10-24-17(23)8-15(20-12(2)21)13-6-4-3-5-7-13/h3-7,15H,8,10,19H2,1-2H3,(H,20,21)/b14-11+/t15-/m1/s1. The zero-order chi connectivity index (χ0) is 18.1. The van der Waals surface area contributed by atoms with Gasteiger partial charge in [-0.1, -0.05) is 30.3 Å². The summed E-state index contributed by atoms with van der Waals surface area (Å²) in [6.45, 7) is 2.19. The molecule has 0 radical (unpaired) electrons. The molecule has 1 rings (SSSR count). The van der Waals surface area contributed by atoms with E-state index < -0.39 is 24.4 Å². The number of ketones is 1. The second-order valence-corrected chi connectivity index (χ2v) is 5.12. The smallest absolute Gasteiger partial charge is 0.308 e. The van der Waals surface area contributed by atoms with Crippen LogP contribution in [0.1, 0.15) is 31.9 Å².